The number of nitrogens with one attached hydrogen (secondary N) is 1. The average Bonchev–Trinajstić information content (AvgIpc) is 2.21. The maximum absolute atomic E-state index is 5.33. The maximum Gasteiger partial charge on any atom is 0.0507 e. The second-order valence-electron chi connectivity index (χ2n) is 4.71. The molecule has 2 heteroatoms. The minimum atomic E-state index is 0.620. The summed E-state index contributed by atoms with van der Waals surface area (Å²) in [5, 5.41) is 3.66. The van der Waals surface area contributed by atoms with E-state index in [0.717, 1.165) is 13.2 Å². The van der Waals surface area contributed by atoms with Crippen molar-refractivity contribution in [3.05, 3.63) is 0 Å². The van der Waals surface area contributed by atoms with Crippen molar-refractivity contribution in [1.82, 2.24) is 5.32 Å². The van der Waals surface area contributed by atoms with E-state index in [4.69, 9.17) is 4.74 Å². The molecule has 1 N–H and O–H groups in total. The molecule has 0 aliphatic heterocycles. The third kappa shape index (κ3) is 6.16. The van der Waals surface area contributed by atoms with Crippen LogP contribution in [0, 0.1) is 11.8 Å². The first kappa shape index (κ1) is 14.9. The Hall–Kier alpha value is -0.0800. The van der Waals surface area contributed by atoms with Crippen LogP contribution in [0.4, 0.5) is 0 Å². The lowest BCUT2D eigenvalue weighted by atomic mass is 9.86. The summed E-state index contributed by atoms with van der Waals surface area (Å²) in [5.41, 5.74) is 0. The lowest BCUT2D eigenvalue weighted by molar-refractivity contribution is 0.101. The van der Waals surface area contributed by atoms with Gasteiger partial charge in [0, 0.05) is 13.2 Å². The molecule has 0 saturated carbocycles. The predicted octanol–water partition coefficient (Wildman–Crippen LogP) is 3.07. The molecule has 0 aromatic carbocycles. The first-order valence-electron chi connectivity index (χ1n) is 6.39. The molecule has 0 spiro atoms. The van der Waals surface area contributed by atoms with E-state index < -0.39 is 0 Å². The van der Waals surface area contributed by atoms with E-state index in [1.807, 2.05) is 0 Å². The SMILES string of the molecule is CCCNC(CCC)C(COC)C(C)C. The lowest BCUT2D eigenvalue weighted by Crippen LogP contribution is -2.41. The molecular formula is C13H29NO. The fourth-order valence-corrected chi connectivity index (χ4v) is 2.07. The van der Waals surface area contributed by atoms with Crippen LogP contribution in [0.2, 0.25) is 0 Å². The zero-order valence-electron chi connectivity index (χ0n) is 11.2. The van der Waals surface area contributed by atoms with Gasteiger partial charge in [-0.05, 0) is 31.2 Å². The van der Waals surface area contributed by atoms with E-state index in [1.54, 1.807) is 7.11 Å². The Morgan fingerprint density at radius 1 is 1.13 bits per heavy atom. The highest BCUT2D eigenvalue weighted by Crippen LogP contribution is 2.19. The van der Waals surface area contributed by atoms with Crippen LogP contribution in [0.5, 0.6) is 0 Å². The summed E-state index contributed by atoms with van der Waals surface area (Å²) in [4.78, 5) is 0. The van der Waals surface area contributed by atoms with E-state index in [0.29, 0.717) is 17.9 Å². The molecule has 0 bridgehead atoms. The van der Waals surface area contributed by atoms with Crippen molar-refractivity contribution in [2.24, 2.45) is 11.8 Å². The number of ether oxygens (including phenoxy) is 1. The molecule has 0 aliphatic carbocycles. The largest absolute Gasteiger partial charge is 0.384 e. The van der Waals surface area contributed by atoms with Crippen LogP contribution in [-0.2, 0) is 4.74 Å². The predicted molar refractivity (Wildman–Crippen MR) is 67.2 cm³/mol. The van der Waals surface area contributed by atoms with Crippen molar-refractivity contribution in [2.45, 2.75) is 53.0 Å². The number of rotatable bonds is 9. The standard InChI is InChI=1S/C13H29NO/c1-6-8-13(14-9-7-2)12(10-15-5)11(3)4/h11-14H,6-10H2,1-5H3. The van der Waals surface area contributed by atoms with Crippen LogP contribution in [-0.4, -0.2) is 26.3 Å². The van der Waals surface area contributed by atoms with Crippen molar-refractivity contribution in [1.29, 1.82) is 0 Å². The van der Waals surface area contributed by atoms with Gasteiger partial charge in [-0.25, -0.2) is 0 Å². The Morgan fingerprint density at radius 2 is 1.80 bits per heavy atom. The summed E-state index contributed by atoms with van der Waals surface area (Å²) in [5.74, 6) is 1.33. The molecule has 92 valence electrons. The molecule has 0 aromatic rings. The van der Waals surface area contributed by atoms with Gasteiger partial charge in [0.15, 0.2) is 0 Å². The van der Waals surface area contributed by atoms with Crippen molar-refractivity contribution < 1.29 is 4.74 Å². The van der Waals surface area contributed by atoms with Crippen LogP contribution >= 0.6 is 0 Å². The third-order valence-electron chi connectivity index (χ3n) is 2.99. The number of hydrogen-bond acceptors (Lipinski definition) is 2. The van der Waals surface area contributed by atoms with E-state index >= 15 is 0 Å². The third-order valence-corrected chi connectivity index (χ3v) is 2.99. The average molecular weight is 215 g/mol. The molecule has 0 heterocycles. The zero-order valence-corrected chi connectivity index (χ0v) is 11.2. The second-order valence-corrected chi connectivity index (χ2v) is 4.71. The highest BCUT2D eigenvalue weighted by Gasteiger charge is 2.22. The molecule has 0 saturated heterocycles. The first-order valence-corrected chi connectivity index (χ1v) is 6.39. The maximum atomic E-state index is 5.33. The molecule has 2 nitrogen and oxygen atoms in total. The van der Waals surface area contributed by atoms with Gasteiger partial charge in [0.2, 0.25) is 0 Å². The van der Waals surface area contributed by atoms with Gasteiger partial charge in [0.25, 0.3) is 0 Å². The van der Waals surface area contributed by atoms with Gasteiger partial charge in [-0.15, -0.1) is 0 Å². The Kier molecular flexibility index (Phi) is 9.12. The summed E-state index contributed by atoms with van der Waals surface area (Å²) in [6.45, 7) is 11.1. The zero-order chi connectivity index (χ0) is 11.7. The molecule has 0 radical (unpaired) electrons. The van der Waals surface area contributed by atoms with Crippen LogP contribution < -0.4 is 5.32 Å². The molecule has 0 amide bonds. The smallest absolute Gasteiger partial charge is 0.0507 e. The van der Waals surface area contributed by atoms with Gasteiger partial charge in [-0.2, -0.15) is 0 Å². The Morgan fingerprint density at radius 3 is 2.20 bits per heavy atom. The molecule has 0 fully saturated rings. The molecule has 15 heavy (non-hydrogen) atoms. The van der Waals surface area contributed by atoms with Crippen LogP contribution in [0.25, 0.3) is 0 Å². The minimum Gasteiger partial charge on any atom is -0.384 e. The molecule has 2 unspecified atom stereocenters. The Balaban J connectivity index is 4.23. The van der Waals surface area contributed by atoms with E-state index in [1.165, 1.54) is 19.3 Å². The van der Waals surface area contributed by atoms with Gasteiger partial charge in [-0.1, -0.05) is 34.1 Å². The summed E-state index contributed by atoms with van der Waals surface area (Å²) in [6, 6.07) is 0.620. The van der Waals surface area contributed by atoms with Crippen molar-refractivity contribution in [3.63, 3.8) is 0 Å². The van der Waals surface area contributed by atoms with Gasteiger partial charge in [-0.3, -0.25) is 0 Å². The normalized spacial score (nSPS) is 15.6. The number of hydrogen-bond donors (Lipinski definition) is 1. The molecular weight excluding hydrogens is 186 g/mol. The quantitative estimate of drug-likeness (QED) is 0.638. The highest BCUT2D eigenvalue weighted by molar-refractivity contribution is 4.78. The first-order chi connectivity index (χ1) is 7.17. The van der Waals surface area contributed by atoms with E-state index in [9.17, 15) is 0 Å². The van der Waals surface area contributed by atoms with Crippen LogP contribution in [0.3, 0.4) is 0 Å². The van der Waals surface area contributed by atoms with Gasteiger partial charge in [0.1, 0.15) is 0 Å². The molecule has 2 atom stereocenters. The monoisotopic (exact) mass is 215 g/mol. The summed E-state index contributed by atoms with van der Waals surface area (Å²) >= 11 is 0. The van der Waals surface area contributed by atoms with Crippen LogP contribution in [0.15, 0.2) is 0 Å². The molecule has 0 aromatic heterocycles. The lowest BCUT2D eigenvalue weighted by Gasteiger charge is -2.30. The van der Waals surface area contributed by atoms with Crippen molar-refractivity contribution >= 4 is 0 Å². The Bertz CT molecular complexity index is 136. The fourth-order valence-electron chi connectivity index (χ4n) is 2.07. The summed E-state index contributed by atoms with van der Waals surface area (Å²) in [6.07, 6.45) is 3.71. The number of methoxy groups -OCH3 is 1. The molecule has 0 aliphatic rings. The molecule has 0 rings (SSSR count). The van der Waals surface area contributed by atoms with Gasteiger partial charge >= 0.3 is 0 Å². The van der Waals surface area contributed by atoms with Crippen molar-refractivity contribution in [3.8, 4) is 0 Å². The van der Waals surface area contributed by atoms with Crippen LogP contribution in [0.1, 0.15) is 47.0 Å². The summed E-state index contributed by atoms with van der Waals surface area (Å²) in [7, 11) is 1.80. The minimum absolute atomic E-state index is 0.620. The van der Waals surface area contributed by atoms with Crippen molar-refractivity contribution in [2.75, 3.05) is 20.3 Å². The van der Waals surface area contributed by atoms with E-state index in [-0.39, 0.29) is 0 Å². The Labute approximate surface area is 95.8 Å². The van der Waals surface area contributed by atoms with E-state index in [2.05, 4.69) is 33.0 Å². The topological polar surface area (TPSA) is 21.3 Å². The summed E-state index contributed by atoms with van der Waals surface area (Å²) < 4.78 is 5.33. The van der Waals surface area contributed by atoms with Gasteiger partial charge < -0.3 is 10.1 Å². The second kappa shape index (κ2) is 9.17. The highest BCUT2D eigenvalue weighted by atomic mass is 16.5. The fraction of sp³-hybridized carbons (Fsp3) is 1.00. The van der Waals surface area contributed by atoms with Gasteiger partial charge in [0.05, 0.1) is 6.61 Å².